The topological polar surface area (TPSA) is 101 Å². The zero-order chi connectivity index (χ0) is 9.84. The summed E-state index contributed by atoms with van der Waals surface area (Å²) in [6.07, 6.45) is 0. The maximum atomic E-state index is 10.5. The second-order valence-corrected chi connectivity index (χ2v) is 2.54. The van der Waals surface area contributed by atoms with E-state index < -0.39 is 6.03 Å². The lowest BCUT2D eigenvalue weighted by molar-refractivity contribution is 0.259. The van der Waals surface area contributed by atoms with Crippen molar-refractivity contribution in [3.63, 3.8) is 0 Å². The summed E-state index contributed by atoms with van der Waals surface area (Å²) in [5, 5.41) is 11.6. The lowest BCUT2D eigenvalue weighted by Crippen LogP contribution is -2.19. The number of hydrogen-bond acceptors (Lipinski definition) is 3. The minimum absolute atomic E-state index is 0.0400. The molecule has 0 aliphatic heterocycles. The fraction of sp³-hybridized carbons (Fsp3) is 0.125. The maximum absolute atomic E-state index is 10.5. The summed E-state index contributed by atoms with van der Waals surface area (Å²) in [5.41, 5.74) is 11.3. The Hall–Kier alpha value is -1.75. The van der Waals surface area contributed by atoms with Gasteiger partial charge in [-0.2, -0.15) is 0 Å². The van der Waals surface area contributed by atoms with E-state index in [1.165, 1.54) is 6.07 Å². The van der Waals surface area contributed by atoms with Gasteiger partial charge in [0.15, 0.2) is 0 Å². The maximum Gasteiger partial charge on any atom is 0.316 e. The number of carbonyl (C=O) groups is 1. The largest absolute Gasteiger partial charge is 0.506 e. The van der Waals surface area contributed by atoms with E-state index in [2.05, 4.69) is 5.32 Å². The van der Waals surface area contributed by atoms with Crippen LogP contribution >= 0.6 is 0 Å². The SMILES string of the molecule is NCc1ccc(NC(N)=O)c(O)c1. The van der Waals surface area contributed by atoms with Gasteiger partial charge in [0.25, 0.3) is 0 Å². The molecule has 1 rings (SSSR count). The van der Waals surface area contributed by atoms with Gasteiger partial charge in [0, 0.05) is 6.54 Å². The molecule has 1 aromatic rings. The average molecular weight is 181 g/mol. The van der Waals surface area contributed by atoms with Gasteiger partial charge in [-0.05, 0) is 17.7 Å². The molecule has 2 amide bonds. The van der Waals surface area contributed by atoms with Crippen molar-refractivity contribution < 1.29 is 9.90 Å². The van der Waals surface area contributed by atoms with Crippen molar-refractivity contribution >= 4 is 11.7 Å². The van der Waals surface area contributed by atoms with Crippen LogP contribution in [0.2, 0.25) is 0 Å². The summed E-state index contributed by atoms with van der Waals surface area (Å²) >= 11 is 0. The number of benzene rings is 1. The van der Waals surface area contributed by atoms with Crippen LogP contribution in [-0.4, -0.2) is 11.1 Å². The highest BCUT2D eigenvalue weighted by Crippen LogP contribution is 2.23. The predicted octanol–water partition coefficient (Wildman–Crippen LogP) is 0.341. The molecule has 0 saturated carbocycles. The molecule has 0 spiro atoms. The molecule has 0 aliphatic carbocycles. The van der Waals surface area contributed by atoms with Crippen LogP contribution in [0.1, 0.15) is 5.56 Å². The molecule has 5 heteroatoms. The Morgan fingerprint density at radius 1 is 1.54 bits per heavy atom. The molecule has 0 aromatic heterocycles. The molecular formula is C8H11N3O2. The Kier molecular flexibility index (Phi) is 2.71. The summed E-state index contributed by atoms with van der Waals surface area (Å²) in [4.78, 5) is 10.5. The Labute approximate surface area is 75.3 Å². The van der Waals surface area contributed by atoms with E-state index in [1.807, 2.05) is 0 Å². The van der Waals surface area contributed by atoms with E-state index in [-0.39, 0.29) is 11.4 Å². The Morgan fingerprint density at radius 2 is 2.23 bits per heavy atom. The summed E-state index contributed by atoms with van der Waals surface area (Å²) in [6, 6.07) is 4.01. The molecule has 1 aromatic carbocycles. The van der Waals surface area contributed by atoms with Crippen LogP contribution < -0.4 is 16.8 Å². The first-order valence-corrected chi connectivity index (χ1v) is 3.72. The Bertz CT molecular complexity index is 325. The molecule has 70 valence electrons. The number of urea groups is 1. The number of phenolic OH excluding ortho intramolecular Hbond substituents is 1. The molecule has 0 heterocycles. The number of rotatable bonds is 2. The van der Waals surface area contributed by atoms with Crippen LogP contribution in [0.4, 0.5) is 10.5 Å². The summed E-state index contributed by atoms with van der Waals surface area (Å²) < 4.78 is 0. The van der Waals surface area contributed by atoms with Crippen molar-refractivity contribution in [1.29, 1.82) is 0 Å². The molecule has 0 fully saturated rings. The minimum Gasteiger partial charge on any atom is -0.506 e. The van der Waals surface area contributed by atoms with Gasteiger partial charge in [-0.15, -0.1) is 0 Å². The highest BCUT2D eigenvalue weighted by atomic mass is 16.3. The number of anilines is 1. The highest BCUT2D eigenvalue weighted by Gasteiger charge is 2.02. The molecule has 0 atom stereocenters. The van der Waals surface area contributed by atoms with E-state index in [0.717, 1.165) is 5.56 Å². The van der Waals surface area contributed by atoms with Crippen LogP contribution in [0.25, 0.3) is 0 Å². The van der Waals surface area contributed by atoms with Gasteiger partial charge >= 0.3 is 6.03 Å². The van der Waals surface area contributed by atoms with Gasteiger partial charge in [0.1, 0.15) is 5.75 Å². The number of aromatic hydroxyl groups is 1. The average Bonchev–Trinajstić information content (AvgIpc) is 2.08. The van der Waals surface area contributed by atoms with Gasteiger partial charge in [-0.25, -0.2) is 4.79 Å². The molecule has 0 aliphatic rings. The fourth-order valence-electron chi connectivity index (χ4n) is 0.943. The zero-order valence-electron chi connectivity index (χ0n) is 6.95. The van der Waals surface area contributed by atoms with Crippen LogP contribution in [0.3, 0.4) is 0 Å². The molecule has 0 radical (unpaired) electrons. The van der Waals surface area contributed by atoms with E-state index in [4.69, 9.17) is 11.5 Å². The number of nitrogens with one attached hydrogen (secondary N) is 1. The molecule has 5 nitrogen and oxygen atoms in total. The van der Waals surface area contributed by atoms with Crippen LogP contribution in [0.15, 0.2) is 18.2 Å². The molecule has 0 saturated heterocycles. The Balaban J connectivity index is 2.91. The van der Waals surface area contributed by atoms with Crippen LogP contribution in [0, 0.1) is 0 Å². The lowest BCUT2D eigenvalue weighted by atomic mass is 10.2. The van der Waals surface area contributed by atoms with E-state index in [9.17, 15) is 9.90 Å². The molecule has 6 N–H and O–H groups in total. The third kappa shape index (κ3) is 2.34. The number of primary amides is 1. The second kappa shape index (κ2) is 3.77. The van der Waals surface area contributed by atoms with Crippen molar-refractivity contribution in [1.82, 2.24) is 0 Å². The summed E-state index contributed by atoms with van der Waals surface area (Å²) in [6.45, 7) is 0.338. The van der Waals surface area contributed by atoms with Crippen molar-refractivity contribution in [2.24, 2.45) is 11.5 Å². The first kappa shape index (κ1) is 9.34. The van der Waals surface area contributed by atoms with Crippen LogP contribution in [0.5, 0.6) is 5.75 Å². The highest BCUT2D eigenvalue weighted by molar-refractivity contribution is 5.89. The minimum atomic E-state index is -0.712. The first-order valence-electron chi connectivity index (χ1n) is 3.72. The molecule has 13 heavy (non-hydrogen) atoms. The van der Waals surface area contributed by atoms with Gasteiger partial charge in [0.2, 0.25) is 0 Å². The number of phenols is 1. The van der Waals surface area contributed by atoms with E-state index in [0.29, 0.717) is 6.54 Å². The normalized spacial score (nSPS) is 9.62. The number of amides is 2. The monoisotopic (exact) mass is 181 g/mol. The molecule has 0 bridgehead atoms. The smallest absolute Gasteiger partial charge is 0.316 e. The van der Waals surface area contributed by atoms with Crippen LogP contribution in [-0.2, 0) is 6.54 Å². The summed E-state index contributed by atoms with van der Waals surface area (Å²) in [5.74, 6) is -0.0400. The van der Waals surface area contributed by atoms with Gasteiger partial charge < -0.3 is 21.9 Å². The molecule has 0 unspecified atom stereocenters. The summed E-state index contributed by atoms with van der Waals surface area (Å²) in [7, 11) is 0. The number of nitrogens with two attached hydrogens (primary N) is 2. The third-order valence-electron chi connectivity index (χ3n) is 1.56. The van der Waals surface area contributed by atoms with Crippen molar-refractivity contribution in [3.8, 4) is 5.75 Å². The van der Waals surface area contributed by atoms with Crippen molar-refractivity contribution in [3.05, 3.63) is 23.8 Å². The number of hydrogen-bond donors (Lipinski definition) is 4. The predicted molar refractivity (Wildman–Crippen MR) is 49.2 cm³/mol. The van der Waals surface area contributed by atoms with E-state index >= 15 is 0 Å². The first-order chi connectivity index (χ1) is 6.13. The molecular weight excluding hydrogens is 170 g/mol. The second-order valence-electron chi connectivity index (χ2n) is 2.54. The van der Waals surface area contributed by atoms with Crippen molar-refractivity contribution in [2.45, 2.75) is 6.54 Å². The third-order valence-corrected chi connectivity index (χ3v) is 1.56. The van der Waals surface area contributed by atoms with E-state index in [1.54, 1.807) is 12.1 Å². The Morgan fingerprint density at radius 3 is 2.69 bits per heavy atom. The van der Waals surface area contributed by atoms with Gasteiger partial charge in [0.05, 0.1) is 5.69 Å². The van der Waals surface area contributed by atoms with Gasteiger partial charge in [-0.1, -0.05) is 6.07 Å². The standard InChI is InChI=1S/C8H11N3O2/c9-4-5-1-2-6(7(12)3-5)11-8(10)13/h1-3,12H,4,9H2,(H3,10,11,13). The number of carbonyl (C=O) groups excluding carboxylic acids is 1. The zero-order valence-corrected chi connectivity index (χ0v) is 6.95. The quantitative estimate of drug-likeness (QED) is 0.495. The van der Waals surface area contributed by atoms with Crippen molar-refractivity contribution in [2.75, 3.05) is 5.32 Å². The lowest BCUT2D eigenvalue weighted by Gasteiger charge is -2.05. The fourth-order valence-corrected chi connectivity index (χ4v) is 0.943. The van der Waals surface area contributed by atoms with Gasteiger partial charge in [-0.3, -0.25) is 0 Å².